The largest absolute Gasteiger partial charge is 0.493 e. The normalized spacial score (nSPS) is 17.3. The van der Waals surface area contributed by atoms with Crippen molar-refractivity contribution in [1.29, 1.82) is 5.41 Å². The van der Waals surface area contributed by atoms with Gasteiger partial charge in [-0.2, -0.15) is 0 Å². The summed E-state index contributed by atoms with van der Waals surface area (Å²) in [6.07, 6.45) is 1.14. The van der Waals surface area contributed by atoms with Gasteiger partial charge in [0.05, 0.1) is 6.61 Å². The Balaban J connectivity index is 2.15. The molecule has 0 fully saturated rings. The van der Waals surface area contributed by atoms with E-state index in [9.17, 15) is 0 Å². The lowest BCUT2D eigenvalue weighted by molar-refractivity contribution is -0.223. The summed E-state index contributed by atoms with van der Waals surface area (Å²) in [5, 5.41) is 10.9. The Hall–Kier alpha value is -1.59. The summed E-state index contributed by atoms with van der Waals surface area (Å²) in [6, 6.07) is 5.64. The van der Waals surface area contributed by atoms with Gasteiger partial charge in [0.2, 0.25) is 0 Å². The quantitative estimate of drug-likeness (QED) is 0.760. The summed E-state index contributed by atoms with van der Waals surface area (Å²) in [7, 11) is 3.11. The van der Waals surface area contributed by atoms with Crippen LogP contribution in [0.2, 0.25) is 0 Å². The Bertz CT molecular complexity index is 539. The van der Waals surface area contributed by atoms with Gasteiger partial charge in [-0.15, -0.1) is 0 Å². The molecule has 22 heavy (non-hydrogen) atoms. The minimum absolute atomic E-state index is 0.290. The van der Waals surface area contributed by atoms with E-state index >= 15 is 0 Å². The molecular formula is C17H26N2O3. The number of ether oxygens (including phenoxy) is 3. The van der Waals surface area contributed by atoms with Crippen molar-refractivity contribution in [2.24, 2.45) is 11.8 Å². The van der Waals surface area contributed by atoms with Gasteiger partial charge >= 0.3 is 0 Å². The predicted molar refractivity (Wildman–Crippen MR) is 86.2 cm³/mol. The number of hydrogen-bond acceptors (Lipinski definition) is 4. The van der Waals surface area contributed by atoms with E-state index in [2.05, 4.69) is 26.1 Å². The van der Waals surface area contributed by atoms with Crippen molar-refractivity contribution in [2.75, 3.05) is 20.8 Å². The fourth-order valence-electron chi connectivity index (χ4n) is 2.92. The second-order valence-electron chi connectivity index (χ2n) is 6.28. The summed E-state index contributed by atoms with van der Waals surface area (Å²) in [6.45, 7) is 7.30. The van der Waals surface area contributed by atoms with Crippen molar-refractivity contribution in [2.45, 2.75) is 33.1 Å². The number of rotatable bonds is 7. The average Bonchev–Trinajstić information content (AvgIpc) is 2.77. The maximum atomic E-state index is 8.00. The molecule has 0 spiro atoms. The molecule has 2 N–H and O–H groups in total. The summed E-state index contributed by atoms with van der Waals surface area (Å²) < 4.78 is 16.8. The van der Waals surface area contributed by atoms with Crippen molar-refractivity contribution in [3.8, 4) is 5.75 Å². The Labute approximate surface area is 132 Å². The van der Waals surface area contributed by atoms with E-state index in [0.29, 0.717) is 24.3 Å². The molecule has 0 bridgehead atoms. The van der Waals surface area contributed by atoms with Gasteiger partial charge in [-0.05, 0) is 36.5 Å². The molecule has 1 atom stereocenters. The molecular weight excluding hydrogens is 280 g/mol. The van der Waals surface area contributed by atoms with Gasteiger partial charge in [-0.3, -0.25) is 5.41 Å². The number of benzene rings is 1. The summed E-state index contributed by atoms with van der Waals surface area (Å²) in [4.78, 5) is 0. The fourth-order valence-corrected chi connectivity index (χ4v) is 2.92. The molecule has 1 heterocycles. The molecule has 5 heteroatoms. The van der Waals surface area contributed by atoms with Crippen molar-refractivity contribution >= 4 is 5.84 Å². The van der Waals surface area contributed by atoms with Crippen LogP contribution in [-0.4, -0.2) is 26.7 Å². The third kappa shape index (κ3) is 3.25. The molecule has 1 unspecified atom stereocenters. The van der Waals surface area contributed by atoms with Crippen LogP contribution in [0.3, 0.4) is 0 Å². The van der Waals surface area contributed by atoms with E-state index in [1.54, 1.807) is 14.2 Å². The Morgan fingerprint density at radius 2 is 1.86 bits per heavy atom. The van der Waals surface area contributed by atoms with E-state index in [4.69, 9.17) is 19.6 Å². The molecule has 2 rings (SSSR count). The lowest BCUT2D eigenvalue weighted by atomic mass is 10.00. The molecule has 0 aromatic heterocycles. The van der Waals surface area contributed by atoms with E-state index in [0.717, 1.165) is 23.3 Å². The minimum atomic E-state index is -1.10. The van der Waals surface area contributed by atoms with Gasteiger partial charge in [0.25, 0.3) is 5.91 Å². The highest BCUT2D eigenvalue weighted by molar-refractivity contribution is 6.01. The highest BCUT2D eigenvalue weighted by Crippen LogP contribution is 2.35. The number of amidine groups is 1. The van der Waals surface area contributed by atoms with Crippen molar-refractivity contribution in [3.63, 3.8) is 0 Å². The van der Waals surface area contributed by atoms with E-state index < -0.39 is 5.91 Å². The van der Waals surface area contributed by atoms with Gasteiger partial charge in [0, 0.05) is 25.3 Å². The van der Waals surface area contributed by atoms with Crippen LogP contribution in [0.15, 0.2) is 18.2 Å². The molecule has 1 aromatic rings. The summed E-state index contributed by atoms with van der Waals surface area (Å²) in [5.74, 6) is 1.12. The Morgan fingerprint density at radius 3 is 2.45 bits per heavy atom. The van der Waals surface area contributed by atoms with Crippen LogP contribution < -0.4 is 10.1 Å². The number of hydrogen-bond donors (Lipinski definition) is 2. The van der Waals surface area contributed by atoms with Crippen LogP contribution in [0.25, 0.3) is 0 Å². The monoisotopic (exact) mass is 306 g/mol. The molecule has 1 aromatic carbocycles. The molecule has 122 valence electrons. The van der Waals surface area contributed by atoms with Crippen LogP contribution in [0.4, 0.5) is 0 Å². The van der Waals surface area contributed by atoms with Crippen LogP contribution >= 0.6 is 0 Å². The van der Waals surface area contributed by atoms with Crippen molar-refractivity contribution in [1.82, 2.24) is 5.32 Å². The van der Waals surface area contributed by atoms with Gasteiger partial charge in [-0.1, -0.05) is 20.8 Å². The zero-order valence-corrected chi connectivity index (χ0v) is 14.0. The van der Waals surface area contributed by atoms with E-state index in [1.807, 2.05) is 18.2 Å². The van der Waals surface area contributed by atoms with Crippen LogP contribution in [-0.2, 0) is 15.4 Å². The SMILES string of the molecule is COC1(OC)NC(=N)c2ccc(OCC(C)CC(C)C)cc21. The first kappa shape index (κ1) is 16.8. The fraction of sp³-hybridized carbons (Fsp3) is 0.588. The third-order valence-corrected chi connectivity index (χ3v) is 3.89. The summed E-state index contributed by atoms with van der Waals surface area (Å²) in [5.41, 5.74) is 1.54. The van der Waals surface area contributed by atoms with Gasteiger partial charge < -0.3 is 19.5 Å². The second-order valence-corrected chi connectivity index (χ2v) is 6.28. The molecule has 0 amide bonds. The van der Waals surface area contributed by atoms with Crippen LogP contribution in [0, 0.1) is 17.2 Å². The van der Waals surface area contributed by atoms with Gasteiger partial charge in [0.15, 0.2) is 0 Å². The maximum absolute atomic E-state index is 8.00. The standard InChI is InChI=1S/C17H26N2O3/c1-11(2)8-12(3)10-22-13-6-7-14-15(9-13)17(20-4,21-5)19-16(14)18/h6-7,9,11-12H,8,10H2,1-5H3,(H2,18,19). The molecule has 0 radical (unpaired) electrons. The first-order chi connectivity index (χ1) is 10.4. The maximum Gasteiger partial charge on any atom is 0.279 e. The first-order valence-electron chi connectivity index (χ1n) is 7.66. The van der Waals surface area contributed by atoms with E-state index in [1.165, 1.54) is 0 Å². The number of nitrogens with one attached hydrogen (secondary N) is 2. The smallest absolute Gasteiger partial charge is 0.279 e. The zero-order chi connectivity index (χ0) is 16.3. The molecule has 5 nitrogen and oxygen atoms in total. The molecule has 1 aliphatic heterocycles. The average molecular weight is 306 g/mol. The number of fused-ring (bicyclic) bond motifs is 1. The summed E-state index contributed by atoms with van der Waals surface area (Å²) >= 11 is 0. The second kappa shape index (κ2) is 6.67. The van der Waals surface area contributed by atoms with Gasteiger partial charge in [-0.25, -0.2) is 0 Å². The number of methoxy groups -OCH3 is 2. The zero-order valence-electron chi connectivity index (χ0n) is 14.0. The minimum Gasteiger partial charge on any atom is -0.493 e. The first-order valence-corrected chi connectivity index (χ1v) is 7.66. The molecule has 0 saturated heterocycles. The van der Waals surface area contributed by atoms with Crippen LogP contribution in [0.5, 0.6) is 5.75 Å². The molecule has 0 aliphatic carbocycles. The topological polar surface area (TPSA) is 63.6 Å². The Kier molecular flexibility index (Phi) is 5.08. The highest BCUT2D eigenvalue weighted by atomic mass is 16.7. The highest BCUT2D eigenvalue weighted by Gasteiger charge is 2.42. The molecule has 1 aliphatic rings. The lowest BCUT2D eigenvalue weighted by Crippen LogP contribution is -2.42. The Morgan fingerprint density at radius 1 is 1.18 bits per heavy atom. The van der Waals surface area contributed by atoms with Crippen LogP contribution in [0.1, 0.15) is 38.3 Å². The molecule has 0 saturated carbocycles. The van der Waals surface area contributed by atoms with Crippen molar-refractivity contribution in [3.05, 3.63) is 29.3 Å². The van der Waals surface area contributed by atoms with Crippen molar-refractivity contribution < 1.29 is 14.2 Å². The lowest BCUT2D eigenvalue weighted by Gasteiger charge is -2.27. The van der Waals surface area contributed by atoms with E-state index in [-0.39, 0.29) is 0 Å². The predicted octanol–water partition coefficient (Wildman–Crippen LogP) is 3.08. The van der Waals surface area contributed by atoms with Gasteiger partial charge in [0.1, 0.15) is 11.6 Å². The third-order valence-electron chi connectivity index (χ3n) is 3.89.